The Hall–Kier alpha value is -3.38. The quantitative estimate of drug-likeness (QED) is 0.471. The van der Waals surface area contributed by atoms with E-state index in [1.54, 1.807) is 11.6 Å². The van der Waals surface area contributed by atoms with Gasteiger partial charge in [-0.15, -0.1) is 0 Å². The van der Waals surface area contributed by atoms with E-state index in [4.69, 9.17) is 11.6 Å². The first-order valence-corrected chi connectivity index (χ1v) is 10.6. The fourth-order valence-electron chi connectivity index (χ4n) is 3.39. The number of nitrogens with one attached hydrogen (secondary N) is 1. The van der Waals surface area contributed by atoms with E-state index in [2.05, 4.69) is 15.5 Å². The molecule has 2 aromatic heterocycles. The summed E-state index contributed by atoms with van der Waals surface area (Å²) in [5, 5.41) is 12.3. The Balaban J connectivity index is 1.37. The number of rotatable bonds is 7. The summed E-state index contributed by atoms with van der Waals surface area (Å²) < 4.78 is 3.49. The number of hydrogen-bond acceptors (Lipinski definition) is 3. The number of carbonyl (C=O) groups is 1. The lowest BCUT2D eigenvalue weighted by Gasteiger charge is -2.06. The van der Waals surface area contributed by atoms with Crippen LogP contribution < -0.4 is 5.32 Å². The second kappa shape index (κ2) is 9.18. The first kappa shape index (κ1) is 20.9. The molecule has 0 fully saturated rings. The Labute approximate surface area is 186 Å². The standard InChI is InChI=1S/C24H24ClN5O/c1-17-8-10-19(11-9-17)16-30-23(25)22(18(2)27-30)24(31)26-14-12-20-13-15-29(28-20)21-6-4-3-5-7-21/h3-11,13,15H,12,14,16H2,1-2H3,(H,26,31). The van der Waals surface area contributed by atoms with E-state index in [1.807, 2.05) is 78.5 Å². The number of benzene rings is 2. The maximum Gasteiger partial charge on any atom is 0.256 e. The topological polar surface area (TPSA) is 64.7 Å². The van der Waals surface area contributed by atoms with Crippen molar-refractivity contribution in [1.29, 1.82) is 0 Å². The minimum atomic E-state index is -0.222. The predicted molar refractivity (Wildman–Crippen MR) is 122 cm³/mol. The summed E-state index contributed by atoms with van der Waals surface area (Å²) in [6.07, 6.45) is 2.54. The van der Waals surface area contributed by atoms with E-state index in [1.165, 1.54) is 5.56 Å². The summed E-state index contributed by atoms with van der Waals surface area (Å²) in [6.45, 7) is 4.82. The van der Waals surface area contributed by atoms with Gasteiger partial charge in [0.1, 0.15) is 5.15 Å². The number of aromatic nitrogens is 4. The molecule has 1 N–H and O–H groups in total. The minimum Gasteiger partial charge on any atom is -0.351 e. The van der Waals surface area contributed by atoms with Gasteiger partial charge < -0.3 is 5.32 Å². The lowest BCUT2D eigenvalue weighted by atomic mass is 10.1. The second-order valence-electron chi connectivity index (χ2n) is 7.49. The lowest BCUT2D eigenvalue weighted by molar-refractivity contribution is 0.0953. The fraction of sp³-hybridized carbons (Fsp3) is 0.208. The van der Waals surface area contributed by atoms with E-state index >= 15 is 0 Å². The lowest BCUT2D eigenvalue weighted by Crippen LogP contribution is -2.26. The van der Waals surface area contributed by atoms with E-state index < -0.39 is 0 Å². The number of aryl methyl sites for hydroxylation is 2. The van der Waals surface area contributed by atoms with Crippen LogP contribution in [-0.4, -0.2) is 32.0 Å². The molecule has 0 unspecified atom stereocenters. The van der Waals surface area contributed by atoms with Crippen LogP contribution in [0.25, 0.3) is 5.69 Å². The summed E-state index contributed by atoms with van der Waals surface area (Å²) in [5.41, 5.74) is 5.21. The molecule has 1 amide bonds. The Morgan fingerprint density at radius 3 is 2.48 bits per heavy atom. The molecule has 2 aromatic carbocycles. The van der Waals surface area contributed by atoms with E-state index in [9.17, 15) is 4.79 Å². The Bertz CT molecular complexity index is 1180. The van der Waals surface area contributed by atoms with Crippen LogP contribution in [0.3, 0.4) is 0 Å². The van der Waals surface area contributed by atoms with Crippen LogP contribution in [0.4, 0.5) is 0 Å². The fourth-order valence-corrected chi connectivity index (χ4v) is 3.71. The van der Waals surface area contributed by atoms with Gasteiger partial charge in [0.05, 0.1) is 29.2 Å². The number of nitrogens with zero attached hydrogens (tertiary/aromatic N) is 4. The molecule has 0 bridgehead atoms. The molecule has 2 heterocycles. The number of carbonyl (C=O) groups excluding carboxylic acids is 1. The molecule has 0 radical (unpaired) electrons. The van der Waals surface area contributed by atoms with Gasteiger partial charge in [0, 0.05) is 19.2 Å². The molecule has 6 nitrogen and oxygen atoms in total. The number of amides is 1. The maximum atomic E-state index is 12.7. The molecule has 0 aliphatic rings. The Morgan fingerprint density at radius 1 is 1.00 bits per heavy atom. The van der Waals surface area contributed by atoms with Gasteiger partial charge in [0.15, 0.2) is 0 Å². The summed E-state index contributed by atoms with van der Waals surface area (Å²) in [4.78, 5) is 12.7. The zero-order valence-corrected chi connectivity index (χ0v) is 18.3. The maximum absolute atomic E-state index is 12.7. The van der Waals surface area contributed by atoms with E-state index in [0.717, 1.165) is 16.9 Å². The van der Waals surface area contributed by atoms with Gasteiger partial charge in [-0.3, -0.25) is 4.79 Å². The van der Waals surface area contributed by atoms with Gasteiger partial charge in [-0.05, 0) is 37.6 Å². The number of halogens is 1. The molecule has 0 atom stereocenters. The summed E-state index contributed by atoms with van der Waals surface area (Å²) in [6, 6.07) is 20.0. The predicted octanol–water partition coefficient (Wildman–Crippen LogP) is 4.36. The molecule has 0 aliphatic heterocycles. The Kier molecular flexibility index (Phi) is 6.18. The van der Waals surface area contributed by atoms with Crippen molar-refractivity contribution in [3.05, 3.63) is 100 Å². The number of para-hydroxylation sites is 1. The molecular weight excluding hydrogens is 410 g/mol. The van der Waals surface area contributed by atoms with E-state index in [0.29, 0.717) is 35.9 Å². The van der Waals surface area contributed by atoms with Gasteiger partial charge in [0.2, 0.25) is 0 Å². The van der Waals surface area contributed by atoms with Crippen molar-refractivity contribution in [3.63, 3.8) is 0 Å². The first-order valence-electron chi connectivity index (χ1n) is 10.2. The highest BCUT2D eigenvalue weighted by Gasteiger charge is 2.20. The smallest absolute Gasteiger partial charge is 0.256 e. The average molecular weight is 434 g/mol. The van der Waals surface area contributed by atoms with Gasteiger partial charge in [-0.25, -0.2) is 9.36 Å². The van der Waals surface area contributed by atoms with Crippen LogP contribution in [0.2, 0.25) is 5.15 Å². The highest BCUT2D eigenvalue weighted by Crippen LogP contribution is 2.21. The van der Waals surface area contributed by atoms with E-state index in [-0.39, 0.29) is 5.91 Å². The molecule has 7 heteroatoms. The first-order chi connectivity index (χ1) is 15.0. The minimum absolute atomic E-state index is 0.222. The molecule has 31 heavy (non-hydrogen) atoms. The monoisotopic (exact) mass is 433 g/mol. The third-order valence-electron chi connectivity index (χ3n) is 5.08. The second-order valence-corrected chi connectivity index (χ2v) is 7.85. The molecular formula is C24H24ClN5O. The molecule has 0 saturated heterocycles. The van der Waals surface area contributed by atoms with Crippen LogP contribution in [0.1, 0.15) is 32.9 Å². The third-order valence-corrected chi connectivity index (χ3v) is 5.46. The van der Waals surface area contributed by atoms with Crippen molar-refractivity contribution < 1.29 is 4.79 Å². The normalized spacial score (nSPS) is 10.9. The molecule has 4 aromatic rings. The SMILES string of the molecule is Cc1ccc(Cn2nc(C)c(C(=O)NCCc3ccn(-c4ccccc4)n3)c2Cl)cc1. The molecule has 0 saturated carbocycles. The summed E-state index contributed by atoms with van der Waals surface area (Å²) >= 11 is 6.50. The van der Waals surface area contributed by atoms with Gasteiger partial charge in [-0.2, -0.15) is 10.2 Å². The van der Waals surface area contributed by atoms with Crippen molar-refractivity contribution >= 4 is 17.5 Å². The van der Waals surface area contributed by atoms with Crippen LogP contribution in [0.15, 0.2) is 66.9 Å². The van der Waals surface area contributed by atoms with Crippen LogP contribution in [0, 0.1) is 13.8 Å². The van der Waals surface area contributed by atoms with Gasteiger partial charge in [0.25, 0.3) is 5.91 Å². The zero-order valence-electron chi connectivity index (χ0n) is 17.5. The van der Waals surface area contributed by atoms with Crippen molar-refractivity contribution in [3.8, 4) is 5.69 Å². The largest absolute Gasteiger partial charge is 0.351 e. The van der Waals surface area contributed by atoms with Crippen LogP contribution in [0.5, 0.6) is 0 Å². The molecule has 158 valence electrons. The van der Waals surface area contributed by atoms with Gasteiger partial charge >= 0.3 is 0 Å². The van der Waals surface area contributed by atoms with Gasteiger partial charge in [-0.1, -0.05) is 59.6 Å². The highest BCUT2D eigenvalue weighted by atomic mass is 35.5. The summed E-state index contributed by atoms with van der Waals surface area (Å²) in [7, 11) is 0. The van der Waals surface area contributed by atoms with Crippen molar-refractivity contribution in [2.45, 2.75) is 26.8 Å². The third kappa shape index (κ3) is 4.86. The van der Waals surface area contributed by atoms with Crippen LogP contribution >= 0.6 is 11.6 Å². The van der Waals surface area contributed by atoms with Crippen molar-refractivity contribution in [2.24, 2.45) is 0 Å². The molecule has 0 aliphatic carbocycles. The average Bonchev–Trinajstić information content (AvgIpc) is 3.35. The highest BCUT2D eigenvalue weighted by molar-refractivity contribution is 6.33. The van der Waals surface area contributed by atoms with Crippen LogP contribution in [-0.2, 0) is 13.0 Å². The Morgan fingerprint density at radius 2 is 1.74 bits per heavy atom. The van der Waals surface area contributed by atoms with Crippen molar-refractivity contribution in [2.75, 3.05) is 6.54 Å². The summed E-state index contributed by atoms with van der Waals surface area (Å²) in [5.74, 6) is -0.222. The molecule has 0 spiro atoms. The number of hydrogen-bond donors (Lipinski definition) is 1. The van der Waals surface area contributed by atoms with Crippen molar-refractivity contribution in [1.82, 2.24) is 24.9 Å². The molecule has 4 rings (SSSR count). The zero-order chi connectivity index (χ0) is 21.8.